The van der Waals surface area contributed by atoms with Gasteiger partial charge in [0.05, 0.1) is 24.0 Å². The summed E-state index contributed by atoms with van der Waals surface area (Å²) in [6, 6.07) is 12.1. The van der Waals surface area contributed by atoms with E-state index in [2.05, 4.69) is 8.75 Å². The van der Waals surface area contributed by atoms with Crippen molar-refractivity contribution in [1.29, 1.82) is 0 Å². The van der Waals surface area contributed by atoms with Crippen LogP contribution in [0.15, 0.2) is 47.4 Å². The van der Waals surface area contributed by atoms with Crippen LogP contribution in [0, 0.1) is 0 Å². The zero-order chi connectivity index (χ0) is 17.2. The zero-order valence-corrected chi connectivity index (χ0v) is 15.0. The van der Waals surface area contributed by atoms with Crippen LogP contribution in [0.1, 0.15) is 13.8 Å². The van der Waals surface area contributed by atoms with E-state index in [1.54, 1.807) is 43.3 Å². The number of sulfonamides is 1. The molecule has 0 amide bonds. The lowest BCUT2D eigenvalue weighted by Crippen LogP contribution is -2.31. The molecule has 3 aromatic rings. The maximum absolute atomic E-state index is 13.2. The molecule has 3 rings (SSSR count). The van der Waals surface area contributed by atoms with Gasteiger partial charge < -0.3 is 4.74 Å². The van der Waals surface area contributed by atoms with Gasteiger partial charge in [0.25, 0.3) is 10.0 Å². The SMILES string of the molecule is CCOc1ccccc1N(CC)S(=O)(=O)c1cccc2nsnc12. The van der Waals surface area contributed by atoms with Crippen LogP contribution in [0.5, 0.6) is 5.75 Å². The van der Waals surface area contributed by atoms with Gasteiger partial charge in [-0.25, -0.2) is 8.42 Å². The average molecular weight is 363 g/mol. The maximum Gasteiger partial charge on any atom is 0.266 e. The van der Waals surface area contributed by atoms with Crippen molar-refractivity contribution in [2.24, 2.45) is 0 Å². The molecule has 1 aromatic heterocycles. The Hall–Kier alpha value is -2.19. The topological polar surface area (TPSA) is 72.4 Å². The number of ether oxygens (including phenoxy) is 1. The van der Waals surface area contributed by atoms with Crippen LogP contribution < -0.4 is 9.04 Å². The number of anilines is 1. The third-order valence-electron chi connectivity index (χ3n) is 3.54. The van der Waals surface area contributed by atoms with Crippen molar-refractivity contribution >= 4 is 38.5 Å². The Kier molecular flexibility index (Phi) is 4.68. The minimum atomic E-state index is -3.78. The summed E-state index contributed by atoms with van der Waals surface area (Å²) in [6.07, 6.45) is 0. The molecule has 0 unspecified atom stereocenters. The number of rotatable bonds is 6. The van der Waals surface area contributed by atoms with Gasteiger partial charge in [0.15, 0.2) is 0 Å². The molecule has 0 bridgehead atoms. The van der Waals surface area contributed by atoms with Crippen molar-refractivity contribution in [2.75, 3.05) is 17.5 Å². The Labute approximate surface area is 145 Å². The van der Waals surface area contributed by atoms with E-state index in [1.165, 1.54) is 4.31 Å². The number of benzene rings is 2. The standard InChI is InChI=1S/C16H17N3O3S2/c1-3-19(13-9-5-6-10-14(13)22-4-2)24(20,21)15-11-7-8-12-16(15)18-23-17-12/h5-11H,3-4H2,1-2H3. The third-order valence-corrected chi connectivity index (χ3v) is 6.00. The smallest absolute Gasteiger partial charge is 0.266 e. The second kappa shape index (κ2) is 6.74. The fraction of sp³-hybridized carbons (Fsp3) is 0.250. The van der Waals surface area contributed by atoms with Gasteiger partial charge in [0.2, 0.25) is 0 Å². The van der Waals surface area contributed by atoms with E-state index in [1.807, 2.05) is 13.0 Å². The number of nitrogens with zero attached hydrogens (tertiary/aromatic N) is 3. The van der Waals surface area contributed by atoms with E-state index < -0.39 is 10.0 Å². The molecule has 0 saturated carbocycles. The highest BCUT2D eigenvalue weighted by molar-refractivity contribution is 7.93. The van der Waals surface area contributed by atoms with Crippen LogP contribution in [0.2, 0.25) is 0 Å². The molecule has 0 aliphatic rings. The Balaban J connectivity index is 2.16. The van der Waals surface area contributed by atoms with E-state index >= 15 is 0 Å². The zero-order valence-electron chi connectivity index (χ0n) is 13.3. The summed E-state index contributed by atoms with van der Waals surface area (Å²) >= 11 is 1.00. The number of aromatic nitrogens is 2. The summed E-state index contributed by atoms with van der Waals surface area (Å²) in [5.74, 6) is 0.536. The minimum absolute atomic E-state index is 0.155. The lowest BCUT2D eigenvalue weighted by Gasteiger charge is -2.25. The van der Waals surface area contributed by atoms with Gasteiger partial charge in [-0.2, -0.15) is 8.75 Å². The number of fused-ring (bicyclic) bond motifs is 1. The summed E-state index contributed by atoms with van der Waals surface area (Å²) < 4.78 is 41.7. The highest BCUT2D eigenvalue weighted by Gasteiger charge is 2.28. The molecule has 0 saturated heterocycles. The summed E-state index contributed by atoms with van der Waals surface area (Å²) in [5.41, 5.74) is 1.49. The second-order valence-corrected chi connectivity index (χ2v) is 7.32. The summed E-state index contributed by atoms with van der Waals surface area (Å²) in [4.78, 5) is 0.155. The summed E-state index contributed by atoms with van der Waals surface area (Å²) in [5, 5.41) is 0. The molecule has 6 nitrogen and oxygen atoms in total. The Morgan fingerprint density at radius 3 is 2.62 bits per heavy atom. The predicted octanol–water partition coefficient (Wildman–Crippen LogP) is 3.31. The molecule has 24 heavy (non-hydrogen) atoms. The van der Waals surface area contributed by atoms with Gasteiger partial charge in [-0.05, 0) is 38.1 Å². The van der Waals surface area contributed by atoms with Gasteiger partial charge in [-0.15, -0.1) is 0 Å². The van der Waals surface area contributed by atoms with Gasteiger partial charge in [-0.1, -0.05) is 18.2 Å². The van der Waals surface area contributed by atoms with Gasteiger partial charge in [0.1, 0.15) is 21.7 Å². The van der Waals surface area contributed by atoms with Crippen LogP contribution in [0.4, 0.5) is 5.69 Å². The molecular weight excluding hydrogens is 346 g/mol. The number of hydrogen-bond donors (Lipinski definition) is 0. The van der Waals surface area contributed by atoms with E-state index in [-0.39, 0.29) is 11.4 Å². The fourth-order valence-electron chi connectivity index (χ4n) is 2.52. The average Bonchev–Trinajstić information content (AvgIpc) is 3.05. The Morgan fingerprint density at radius 1 is 1.08 bits per heavy atom. The lowest BCUT2D eigenvalue weighted by atomic mass is 10.3. The van der Waals surface area contributed by atoms with Crippen molar-refractivity contribution in [3.05, 3.63) is 42.5 Å². The minimum Gasteiger partial charge on any atom is -0.492 e. The molecular formula is C16H17N3O3S2. The molecule has 0 atom stereocenters. The number of hydrogen-bond acceptors (Lipinski definition) is 6. The fourth-order valence-corrected chi connectivity index (χ4v) is 4.76. The Morgan fingerprint density at radius 2 is 1.88 bits per heavy atom. The van der Waals surface area contributed by atoms with Crippen molar-refractivity contribution in [1.82, 2.24) is 8.75 Å². The largest absolute Gasteiger partial charge is 0.492 e. The first-order valence-corrected chi connectivity index (χ1v) is 9.72. The quantitative estimate of drug-likeness (QED) is 0.672. The molecule has 0 aliphatic heterocycles. The molecule has 8 heteroatoms. The summed E-state index contributed by atoms with van der Waals surface area (Å²) in [6.45, 7) is 4.39. The van der Waals surface area contributed by atoms with E-state index in [0.717, 1.165) is 11.7 Å². The van der Waals surface area contributed by atoms with Gasteiger partial charge in [-0.3, -0.25) is 4.31 Å². The molecule has 1 heterocycles. The first-order valence-electron chi connectivity index (χ1n) is 7.55. The van der Waals surface area contributed by atoms with E-state index in [9.17, 15) is 8.42 Å². The maximum atomic E-state index is 13.2. The normalized spacial score (nSPS) is 11.6. The molecule has 0 radical (unpaired) electrons. The van der Waals surface area contributed by atoms with Crippen LogP contribution in [-0.4, -0.2) is 30.3 Å². The first-order chi connectivity index (χ1) is 11.6. The summed E-state index contributed by atoms with van der Waals surface area (Å²) in [7, 11) is -3.78. The molecule has 126 valence electrons. The van der Waals surface area contributed by atoms with Gasteiger partial charge in [0, 0.05) is 6.54 Å². The lowest BCUT2D eigenvalue weighted by molar-refractivity contribution is 0.341. The highest BCUT2D eigenvalue weighted by atomic mass is 32.2. The molecule has 0 aliphatic carbocycles. The van der Waals surface area contributed by atoms with Crippen LogP contribution >= 0.6 is 11.7 Å². The van der Waals surface area contributed by atoms with Crippen LogP contribution in [0.25, 0.3) is 11.0 Å². The van der Waals surface area contributed by atoms with Crippen molar-refractivity contribution in [3.8, 4) is 5.75 Å². The van der Waals surface area contributed by atoms with Gasteiger partial charge >= 0.3 is 0 Å². The van der Waals surface area contributed by atoms with E-state index in [4.69, 9.17) is 4.74 Å². The second-order valence-electron chi connectivity index (χ2n) is 4.96. The predicted molar refractivity (Wildman–Crippen MR) is 95.2 cm³/mol. The van der Waals surface area contributed by atoms with Crippen LogP contribution in [0.3, 0.4) is 0 Å². The first kappa shape index (κ1) is 16.7. The van der Waals surface area contributed by atoms with Crippen LogP contribution in [-0.2, 0) is 10.0 Å². The molecule has 0 fully saturated rings. The molecule has 2 aromatic carbocycles. The Bertz CT molecular complexity index is 954. The number of para-hydroxylation sites is 2. The van der Waals surface area contributed by atoms with Crippen molar-refractivity contribution < 1.29 is 13.2 Å². The van der Waals surface area contributed by atoms with Crippen molar-refractivity contribution in [2.45, 2.75) is 18.7 Å². The van der Waals surface area contributed by atoms with E-state index in [0.29, 0.717) is 29.1 Å². The van der Waals surface area contributed by atoms with Crippen molar-refractivity contribution in [3.63, 3.8) is 0 Å². The molecule has 0 N–H and O–H groups in total. The molecule has 0 spiro atoms. The third kappa shape index (κ3) is 2.83. The highest BCUT2D eigenvalue weighted by Crippen LogP contribution is 2.33. The monoisotopic (exact) mass is 363 g/mol.